The smallest absolute Gasteiger partial charge is 0.308 e. The highest BCUT2D eigenvalue weighted by Gasteiger charge is 2.19. The molecule has 5 nitrogen and oxygen atoms in total. The number of ether oxygens (including phenoxy) is 2. The Morgan fingerprint density at radius 3 is 2.60 bits per heavy atom. The second-order valence-electron chi connectivity index (χ2n) is 5.61. The molecule has 1 atom stereocenters. The first kappa shape index (κ1) is 16.8. The third-order valence-corrected chi connectivity index (χ3v) is 4.01. The lowest BCUT2D eigenvalue weighted by Crippen LogP contribution is -2.18. The number of rotatable bonds is 6. The Balaban J connectivity index is 1.96. The van der Waals surface area contributed by atoms with Crippen molar-refractivity contribution in [2.24, 2.45) is 0 Å². The van der Waals surface area contributed by atoms with Crippen molar-refractivity contribution in [3.8, 4) is 5.75 Å². The molecule has 0 bridgehead atoms. The maximum Gasteiger partial charge on any atom is 0.308 e. The SMILES string of the molecule is COC(=O)CC(Nc1ccccc1OC)c1ccc2ccccc2n1. The summed E-state index contributed by atoms with van der Waals surface area (Å²) in [6, 6.07) is 19.1. The number of carbonyl (C=O) groups excluding carboxylic acids is 1. The second kappa shape index (κ2) is 7.66. The molecule has 1 aromatic heterocycles. The van der Waals surface area contributed by atoms with E-state index in [2.05, 4.69) is 5.32 Å². The van der Waals surface area contributed by atoms with Gasteiger partial charge in [0.05, 0.1) is 43.6 Å². The van der Waals surface area contributed by atoms with Crippen LogP contribution < -0.4 is 10.1 Å². The number of hydrogen-bond donors (Lipinski definition) is 1. The fourth-order valence-electron chi connectivity index (χ4n) is 2.71. The average molecular weight is 336 g/mol. The largest absolute Gasteiger partial charge is 0.495 e. The summed E-state index contributed by atoms with van der Waals surface area (Å²) in [4.78, 5) is 16.6. The van der Waals surface area contributed by atoms with Gasteiger partial charge in [0.1, 0.15) is 5.75 Å². The number of nitrogens with one attached hydrogen (secondary N) is 1. The summed E-state index contributed by atoms with van der Waals surface area (Å²) in [5.74, 6) is 0.403. The minimum Gasteiger partial charge on any atom is -0.495 e. The van der Waals surface area contributed by atoms with Crippen molar-refractivity contribution in [2.45, 2.75) is 12.5 Å². The molecule has 0 aliphatic rings. The van der Waals surface area contributed by atoms with Crippen molar-refractivity contribution in [1.82, 2.24) is 4.98 Å². The third-order valence-electron chi connectivity index (χ3n) is 4.01. The zero-order chi connectivity index (χ0) is 17.6. The Kier molecular flexibility index (Phi) is 5.14. The highest BCUT2D eigenvalue weighted by Crippen LogP contribution is 2.29. The van der Waals surface area contributed by atoms with E-state index in [1.165, 1.54) is 7.11 Å². The van der Waals surface area contributed by atoms with Crippen molar-refractivity contribution in [1.29, 1.82) is 0 Å². The standard InChI is InChI=1S/C20H20N2O3/c1-24-19-10-6-5-9-17(19)22-18(13-20(23)25-2)16-12-11-14-7-3-4-8-15(14)21-16/h3-12,18,22H,13H2,1-2H3. The van der Waals surface area contributed by atoms with Crippen LogP contribution in [0.25, 0.3) is 10.9 Å². The van der Waals surface area contributed by atoms with Crippen LogP contribution in [-0.2, 0) is 9.53 Å². The van der Waals surface area contributed by atoms with E-state index in [1.54, 1.807) is 7.11 Å². The lowest BCUT2D eigenvalue weighted by molar-refractivity contribution is -0.140. The molecule has 0 amide bonds. The van der Waals surface area contributed by atoms with Gasteiger partial charge >= 0.3 is 5.97 Å². The summed E-state index contributed by atoms with van der Waals surface area (Å²) in [6.07, 6.45) is 0.167. The van der Waals surface area contributed by atoms with Crippen LogP contribution in [-0.4, -0.2) is 25.2 Å². The van der Waals surface area contributed by atoms with Crippen LogP contribution >= 0.6 is 0 Å². The summed E-state index contributed by atoms with van der Waals surface area (Å²) < 4.78 is 10.2. The summed E-state index contributed by atoms with van der Waals surface area (Å²) in [7, 11) is 3.00. The molecule has 2 aromatic carbocycles. The Hall–Kier alpha value is -3.08. The predicted octanol–water partition coefficient (Wildman–Crippen LogP) is 3.96. The number of esters is 1. The first-order chi connectivity index (χ1) is 12.2. The van der Waals surface area contributed by atoms with Crippen LogP contribution in [0.5, 0.6) is 5.75 Å². The maximum atomic E-state index is 11.9. The van der Waals surface area contributed by atoms with Gasteiger partial charge in [0.2, 0.25) is 0 Å². The summed E-state index contributed by atoms with van der Waals surface area (Å²) in [5.41, 5.74) is 2.46. The van der Waals surface area contributed by atoms with Gasteiger partial charge in [-0.1, -0.05) is 36.4 Å². The Bertz CT molecular complexity index is 879. The first-order valence-corrected chi connectivity index (χ1v) is 8.03. The van der Waals surface area contributed by atoms with E-state index in [9.17, 15) is 4.79 Å². The minimum absolute atomic E-state index is 0.167. The number of pyridine rings is 1. The molecule has 0 spiro atoms. The molecule has 0 aliphatic heterocycles. The van der Waals surface area contributed by atoms with E-state index >= 15 is 0 Å². The molecule has 1 N–H and O–H groups in total. The number of methoxy groups -OCH3 is 2. The van der Waals surface area contributed by atoms with Gasteiger partial charge in [-0.05, 0) is 24.3 Å². The zero-order valence-corrected chi connectivity index (χ0v) is 14.2. The average Bonchev–Trinajstić information content (AvgIpc) is 2.67. The number of para-hydroxylation sites is 3. The van der Waals surface area contributed by atoms with Gasteiger partial charge in [-0.2, -0.15) is 0 Å². The molecular weight excluding hydrogens is 316 g/mol. The van der Waals surface area contributed by atoms with Crippen LogP contribution in [0.15, 0.2) is 60.7 Å². The molecule has 0 saturated carbocycles. The highest BCUT2D eigenvalue weighted by molar-refractivity contribution is 5.79. The fraction of sp³-hybridized carbons (Fsp3) is 0.200. The molecule has 128 valence electrons. The maximum absolute atomic E-state index is 11.9. The van der Waals surface area contributed by atoms with Crippen molar-refractivity contribution in [2.75, 3.05) is 19.5 Å². The van der Waals surface area contributed by atoms with Crippen LogP contribution in [0.2, 0.25) is 0 Å². The normalized spacial score (nSPS) is 11.8. The topological polar surface area (TPSA) is 60.5 Å². The van der Waals surface area contributed by atoms with Crippen LogP contribution in [0.4, 0.5) is 5.69 Å². The molecule has 0 aliphatic carbocycles. The van der Waals surface area contributed by atoms with E-state index in [0.717, 1.165) is 22.3 Å². The molecule has 3 rings (SSSR count). The lowest BCUT2D eigenvalue weighted by Gasteiger charge is -2.20. The zero-order valence-electron chi connectivity index (χ0n) is 14.2. The minimum atomic E-state index is -0.326. The molecule has 5 heteroatoms. The van der Waals surface area contributed by atoms with Gasteiger partial charge < -0.3 is 14.8 Å². The van der Waals surface area contributed by atoms with Gasteiger partial charge in [0.15, 0.2) is 0 Å². The van der Waals surface area contributed by atoms with Gasteiger partial charge in [-0.15, -0.1) is 0 Å². The lowest BCUT2D eigenvalue weighted by atomic mass is 10.1. The monoisotopic (exact) mass is 336 g/mol. The number of hydrogen-bond acceptors (Lipinski definition) is 5. The summed E-state index contributed by atoms with van der Waals surface area (Å²) in [5, 5.41) is 4.41. The third kappa shape index (κ3) is 3.88. The molecule has 3 aromatic rings. The fourth-order valence-corrected chi connectivity index (χ4v) is 2.71. The molecule has 0 radical (unpaired) electrons. The summed E-state index contributed by atoms with van der Waals surface area (Å²) in [6.45, 7) is 0. The van der Waals surface area contributed by atoms with Crippen LogP contribution in [0.1, 0.15) is 18.2 Å². The number of aromatic nitrogens is 1. The van der Waals surface area contributed by atoms with E-state index in [4.69, 9.17) is 14.5 Å². The molecule has 0 fully saturated rings. The number of carbonyl (C=O) groups is 1. The Morgan fingerprint density at radius 2 is 1.80 bits per heavy atom. The van der Waals surface area contributed by atoms with Crippen molar-refractivity contribution >= 4 is 22.6 Å². The van der Waals surface area contributed by atoms with Gasteiger partial charge in [-0.25, -0.2) is 0 Å². The highest BCUT2D eigenvalue weighted by atomic mass is 16.5. The Labute approximate surface area is 146 Å². The second-order valence-corrected chi connectivity index (χ2v) is 5.61. The number of benzene rings is 2. The first-order valence-electron chi connectivity index (χ1n) is 8.03. The number of anilines is 1. The van der Waals surface area contributed by atoms with Crippen LogP contribution in [0, 0.1) is 0 Å². The molecular formula is C20H20N2O3. The van der Waals surface area contributed by atoms with Crippen molar-refractivity contribution in [3.05, 3.63) is 66.4 Å². The van der Waals surface area contributed by atoms with Crippen LogP contribution in [0.3, 0.4) is 0 Å². The van der Waals surface area contributed by atoms with Crippen molar-refractivity contribution in [3.63, 3.8) is 0 Å². The molecule has 1 unspecified atom stereocenters. The van der Waals surface area contributed by atoms with E-state index in [0.29, 0.717) is 5.75 Å². The molecule has 0 saturated heterocycles. The van der Waals surface area contributed by atoms with E-state index in [1.807, 2.05) is 60.7 Å². The summed E-state index contributed by atoms with van der Waals surface area (Å²) >= 11 is 0. The van der Waals surface area contributed by atoms with Crippen molar-refractivity contribution < 1.29 is 14.3 Å². The van der Waals surface area contributed by atoms with Gasteiger partial charge in [-0.3, -0.25) is 9.78 Å². The Morgan fingerprint density at radius 1 is 1.04 bits per heavy atom. The predicted molar refractivity (Wildman–Crippen MR) is 97.7 cm³/mol. The van der Waals surface area contributed by atoms with Gasteiger partial charge in [0, 0.05) is 5.39 Å². The van der Waals surface area contributed by atoms with Gasteiger partial charge in [0.25, 0.3) is 0 Å². The van der Waals surface area contributed by atoms with E-state index in [-0.39, 0.29) is 18.4 Å². The molecule has 1 heterocycles. The quantitative estimate of drug-likeness (QED) is 0.691. The number of nitrogens with zero attached hydrogens (tertiary/aromatic N) is 1. The number of fused-ring (bicyclic) bond motifs is 1. The molecule has 25 heavy (non-hydrogen) atoms. The van der Waals surface area contributed by atoms with E-state index < -0.39 is 0 Å².